The molecular weight excluding hydrogens is 296 g/mol. The maximum Gasteiger partial charge on any atom is 0.272 e. The van der Waals surface area contributed by atoms with Crippen molar-refractivity contribution in [1.29, 1.82) is 0 Å². The number of hydrogen-bond acceptors (Lipinski definition) is 5. The minimum atomic E-state index is -0.238. The molecule has 2 N–H and O–H groups in total. The second kappa shape index (κ2) is 6.47. The summed E-state index contributed by atoms with van der Waals surface area (Å²) >= 11 is 0. The van der Waals surface area contributed by atoms with Gasteiger partial charge >= 0.3 is 0 Å². The van der Waals surface area contributed by atoms with Crippen molar-refractivity contribution in [3.8, 4) is 11.5 Å². The van der Waals surface area contributed by atoms with Gasteiger partial charge in [-0.25, -0.2) is 4.98 Å². The molecule has 0 unspecified atom stereocenters. The van der Waals surface area contributed by atoms with Crippen LogP contribution in [0.1, 0.15) is 24.3 Å². The molecule has 0 fully saturated rings. The fraction of sp³-hybridized carbons (Fsp3) is 0.333. The number of carbonyl (C=O) groups excluding carboxylic acids is 1. The first-order chi connectivity index (χ1) is 11.1. The van der Waals surface area contributed by atoms with Crippen LogP contribution in [-0.4, -0.2) is 36.9 Å². The normalized spacial score (nSPS) is 12.5. The van der Waals surface area contributed by atoms with Crippen LogP contribution in [0, 0.1) is 5.92 Å². The van der Waals surface area contributed by atoms with Gasteiger partial charge in [-0.1, -0.05) is 13.8 Å². The quantitative estimate of drug-likeness (QED) is 0.721. The minimum Gasteiger partial charge on any atom is -0.463 e. The average molecular weight is 314 g/mol. The first-order valence-electron chi connectivity index (χ1n) is 7.36. The van der Waals surface area contributed by atoms with Crippen molar-refractivity contribution in [3.05, 3.63) is 42.8 Å². The number of H-pyrrole nitrogens is 1. The van der Waals surface area contributed by atoms with Gasteiger partial charge in [-0.05, 0) is 18.1 Å². The van der Waals surface area contributed by atoms with Crippen LogP contribution in [0.3, 0.4) is 0 Å². The molecule has 1 atom stereocenters. The SMILES string of the molecule is CC(C)[C@H](Cn1cncn1)NC(=O)c1cc(-c2ccco2)[nH]n1. The molecule has 0 aromatic carbocycles. The van der Waals surface area contributed by atoms with Crippen LogP contribution in [0.4, 0.5) is 0 Å². The smallest absolute Gasteiger partial charge is 0.272 e. The summed E-state index contributed by atoms with van der Waals surface area (Å²) in [5.41, 5.74) is 0.984. The van der Waals surface area contributed by atoms with Crippen molar-refractivity contribution in [2.75, 3.05) is 0 Å². The number of carbonyl (C=O) groups is 1. The van der Waals surface area contributed by atoms with Crippen LogP contribution in [0.15, 0.2) is 41.5 Å². The summed E-state index contributed by atoms with van der Waals surface area (Å²) < 4.78 is 6.98. The summed E-state index contributed by atoms with van der Waals surface area (Å²) in [6, 6.07) is 5.17. The second-order valence-electron chi connectivity index (χ2n) is 5.59. The highest BCUT2D eigenvalue weighted by Gasteiger charge is 2.20. The highest BCUT2D eigenvalue weighted by Crippen LogP contribution is 2.18. The van der Waals surface area contributed by atoms with Gasteiger partial charge in [-0.3, -0.25) is 14.6 Å². The average Bonchev–Trinajstić information content (AvgIpc) is 3.27. The van der Waals surface area contributed by atoms with Gasteiger partial charge in [0.15, 0.2) is 11.5 Å². The molecule has 120 valence electrons. The Balaban J connectivity index is 1.69. The second-order valence-corrected chi connectivity index (χ2v) is 5.59. The largest absolute Gasteiger partial charge is 0.463 e. The van der Waals surface area contributed by atoms with E-state index in [-0.39, 0.29) is 17.9 Å². The number of hydrogen-bond donors (Lipinski definition) is 2. The van der Waals surface area contributed by atoms with Crippen molar-refractivity contribution < 1.29 is 9.21 Å². The van der Waals surface area contributed by atoms with Gasteiger partial charge in [-0.15, -0.1) is 0 Å². The summed E-state index contributed by atoms with van der Waals surface area (Å²) in [7, 11) is 0. The van der Waals surface area contributed by atoms with Crippen LogP contribution in [0.25, 0.3) is 11.5 Å². The van der Waals surface area contributed by atoms with E-state index in [1.54, 1.807) is 35.5 Å². The first kappa shape index (κ1) is 15.0. The number of furan rings is 1. The van der Waals surface area contributed by atoms with E-state index < -0.39 is 0 Å². The molecule has 1 amide bonds. The predicted molar refractivity (Wildman–Crippen MR) is 82.4 cm³/mol. The molecule has 0 aliphatic heterocycles. The lowest BCUT2D eigenvalue weighted by Gasteiger charge is -2.21. The Hall–Kier alpha value is -2.90. The Labute approximate surface area is 132 Å². The number of aromatic nitrogens is 5. The Morgan fingerprint density at radius 3 is 3.00 bits per heavy atom. The number of nitrogens with zero attached hydrogens (tertiary/aromatic N) is 4. The monoisotopic (exact) mass is 314 g/mol. The van der Waals surface area contributed by atoms with E-state index >= 15 is 0 Å². The Kier molecular flexibility index (Phi) is 4.22. The summed E-state index contributed by atoms with van der Waals surface area (Å²) in [5.74, 6) is 0.643. The van der Waals surface area contributed by atoms with Crippen molar-refractivity contribution in [2.45, 2.75) is 26.4 Å². The zero-order valence-corrected chi connectivity index (χ0v) is 12.9. The van der Waals surface area contributed by atoms with Gasteiger partial charge in [-0.2, -0.15) is 10.2 Å². The predicted octanol–water partition coefficient (Wildman–Crippen LogP) is 1.72. The van der Waals surface area contributed by atoms with E-state index in [1.807, 2.05) is 13.8 Å². The number of aromatic amines is 1. The van der Waals surface area contributed by atoms with Crippen molar-refractivity contribution >= 4 is 5.91 Å². The van der Waals surface area contributed by atoms with Gasteiger partial charge in [0.1, 0.15) is 18.3 Å². The first-order valence-corrected chi connectivity index (χ1v) is 7.36. The van der Waals surface area contributed by atoms with Gasteiger partial charge in [0.05, 0.1) is 18.8 Å². The third kappa shape index (κ3) is 3.47. The topological polar surface area (TPSA) is 102 Å². The molecule has 0 saturated heterocycles. The fourth-order valence-electron chi connectivity index (χ4n) is 2.19. The summed E-state index contributed by atoms with van der Waals surface area (Å²) in [6.07, 6.45) is 4.68. The van der Waals surface area contributed by atoms with Crippen molar-refractivity contribution in [3.63, 3.8) is 0 Å². The molecule has 0 saturated carbocycles. The third-order valence-corrected chi connectivity index (χ3v) is 3.57. The van der Waals surface area contributed by atoms with E-state index in [0.717, 1.165) is 0 Å². The number of rotatable bonds is 6. The lowest BCUT2D eigenvalue weighted by molar-refractivity contribution is 0.0914. The number of nitrogens with one attached hydrogen (secondary N) is 2. The Morgan fingerprint density at radius 1 is 1.48 bits per heavy atom. The standard InChI is InChI=1S/C15H18N6O2/c1-10(2)13(7-21-9-16-8-17-21)18-15(22)12-6-11(19-20-12)14-4-3-5-23-14/h3-6,8-10,13H,7H2,1-2H3,(H,18,22)(H,19,20)/t13-/m0/s1. The van der Waals surface area contributed by atoms with E-state index in [9.17, 15) is 4.79 Å². The lowest BCUT2D eigenvalue weighted by atomic mass is 10.0. The molecule has 3 aromatic heterocycles. The van der Waals surface area contributed by atoms with Crippen molar-refractivity contribution in [1.82, 2.24) is 30.3 Å². The summed E-state index contributed by atoms with van der Waals surface area (Å²) in [5, 5.41) is 13.9. The van der Waals surface area contributed by atoms with Crippen LogP contribution >= 0.6 is 0 Å². The maximum absolute atomic E-state index is 12.4. The fourth-order valence-corrected chi connectivity index (χ4v) is 2.19. The molecule has 3 rings (SSSR count). The van der Waals surface area contributed by atoms with E-state index in [0.29, 0.717) is 23.7 Å². The minimum absolute atomic E-state index is 0.0760. The molecular formula is C15H18N6O2. The molecule has 8 nitrogen and oxygen atoms in total. The molecule has 8 heteroatoms. The molecule has 0 radical (unpaired) electrons. The maximum atomic E-state index is 12.4. The zero-order chi connectivity index (χ0) is 16.2. The number of amides is 1. The molecule has 0 bridgehead atoms. The Morgan fingerprint density at radius 2 is 2.35 bits per heavy atom. The molecule has 3 heterocycles. The summed E-state index contributed by atoms with van der Waals surface area (Å²) in [4.78, 5) is 16.3. The molecule has 0 spiro atoms. The molecule has 23 heavy (non-hydrogen) atoms. The third-order valence-electron chi connectivity index (χ3n) is 3.57. The zero-order valence-electron chi connectivity index (χ0n) is 12.9. The van der Waals surface area contributed by atoms with Crippen LogP contribution in [0.2, 0.25) is 0 Å². The van der Waals surface area contributed by atoms with E-state index in [4.69, 9.17) is 4.42 Å². The van der Waals surface area contributed by atoms with E-state index in [1.165, 1.54) is 6.33 Å². The molecule has 0 aliphatic rings. The van der Waals surface area contributed by atoms with Crippen LogP contribution in [0.5, 0.6) is 0 Å². The highest BCUT2D eigenvalue weighted by molar-refractivity contribution is 5.93. The van der Waals surface area contributed by atoms with Crippen LogP contribution < -0.4 is 5.32 Å². The van der Waals surface area contributed by atoms with Gasteiger partial charge in [0, 0.05) is 6.07 Å². The summed E-state index contributed by atoms with van der Waals surface area (Å²) in [6.45, 7) is 4.64. The van der Waals surface area contributed by atoms with Crippen molar-refractivity contribution in [2.24, 2.45) is 5.92 Å². The highest BCUT2D eigenvalue weighted by atomic mass is 16.3. The van der Waals surface area contributed by atoms with E-state index in [2.05, 4.69) is 25.6 Å². The Bertz CT molecular complexity index is 745. The van der Waals surface area contributed by atoms with Gasteiger partial charge in [0.25, 0.3) is 5.91 Å². The molecule has 3 aromatic rings. The van der Waals surface area contributed by atoms with Gasteiger partial charge in [0.2, 0.25) is 0 Å². The van der Waals surface area contributed by atoms with Gasteiger partial charge < -0.3 is 9.73 Å². The van der Waals surface area contributed by atoms with Crippen LogP contribution in [-0.2, 0) is 6.54 Å². The lowest BCUT2D eigenvalue weighted by Crippen LogP contribution is -2.41. The molecule has 0 aliphatic carbocycles.